The smallest absolute Gasteiger partial charge is 0.254 e. The third-order valence-corrected chi connectivity index (χ3v) is 5.88. The molecule has 0 unspecified atom stereocenters. The Balaban J connectivity index is 1.37. The van der Waals surface area contributed by atoms with Gasteiger partial charge in [0.2, 0.25) is 5.91 Å². The van der Waals surface area contributed by atoms with Gasteiger partial charge < -0.3 is 14.7 Å². The number of hydrogen-bond acceptors (Lipinski definition) is 5. The Morgan fingerprint density at radius 3 is 2.29 bits per heavy atom. The molecule has 2 amide bonds. The molecule has 3 aromatic rings. The highest BCUT2D eigenvalue weighted by Crippen LogP contribution is 2.19. The molecule has 0 bridgehead atoms. The summed E-state index contributed by atoms with van der Waals surface area (Å²) in [6, 6.07) is 22.9. The minimum Gasteiger partial charge on any atom is -0.353 e. The lowest BCUT2D eigenvalue weighted by molar-refractivity contribution is -0.131. The number of carbonyl (C=O) groups excluding carboxylic acids is 2. The van der Waals surface area contributed by atoms with Crippen LogP contribution in [0, 0.1) is 0 Å². The highest BCUT2D eigenvalue weighted by Gasteiger charge is 2.24. The fourth-order valence-corrected chi connectivity index (χ4v) is 4.05. The van der Waals surface area contributed by atoms with E-state index in [1.54, 1.807) is 23.1 Å². The maximum Gasteiger partial charge on any atom is 0.254 e. The fourth-order valence-electron chi connectivity index (χ4n) is 4.05. The van der Waals surface area contributed by atoms with E-state index in [0.717, 1.165) is 30.0 Å². The number of hydrogen-bond donors (Lipinski definition) is 0. The highest BCUT2D eigenvalue weighted by atomic mass is 16.2. The molecule has 1 fully saturated rings. The fraction of sp³-hybridized carbons (Fsp3) is 0.259. The quantitative estimate of drug-likeness (QED) is 0.510. The van der Waals surface area contributed by atoms with Crippen LogP contribution < -0.4 is 4.90 Å². The lowest BCUT2D eigenvalue weighted by Crippen LogP contribution is -2.44. The number of rotatable bonds is 7. The van der Waals surface area contributed by atoms with E-state index in [2.05, 4.69) is 21.7 Å². The average Bonchev–Trinajstić information content (AvgIpc) is 3.16. The van der Waals surface area contributed by atoms with Gasteiger partial charge in [-0.05, 0) is 30.7 Å². The predicted octanol–water partition coefficient (Wildman–Crippen LogP) is 3.51. The Morgan fingerprint density at radius 1 is 0.882 bits per heavy atom. The van der Waals surface area contributed by atoms with Crippen LogP contribution in [-0.4, -0.2) is 71.1 Å². The summed E-state index contributed by atoms with van der Waals surface area (Å²) in [6.07, 6.45) is 2.47. The van der Waals surface area contributed by atoms with E-state index in [1.807, 2.05) is 65.6 Å². The molecule has 0 saturated carbocycles. The van der Waals surface area contributed by atoms with Crippen molar-refractivity contribution in [1.29, 1.82) is 0 Å². The Labute approximate surface area is 200 Å². The van der Waals surface area contributed by atoms with Gasteiger partial charge in [-0.2, -0.15) is 0 Å². The Morgan fingerprint density at radius 2 is 1.62 bits per heavy atom. The van der Waals surface area contributed by atoms with Gasteiger partial charge in [-0.1, -0.05) is 54.6 Å². The van der Waals surface area contributed by atoms with Crippen molar-refractivity contribution < 1.29 is 9.59 Å². The molecule has 7 heteroatoms. The molecule has 7 nitrogen and oxygen atoms in total. The van der Waals surface area contributed by atoms with Gasteiger partial charge in [-0.25, -0.2) is 0 Å². The van der Waals surface area contributed by atoms with Crippen molar-refractivity contribution in [3.8, 4) is 11.3 Å². The van der Waals surface area contributed by atoms with E-state index in [1.165, 1.54) is 0 Å². The first-order chi connectivity index (χ1) is 16.7. The summed E-state index contributed by atoms with van der Waals surface area (Å²) in [5, 5.41) is 8.82. The predicted molar refractivity (Wildman–Crippen MR) is 133 cm³/mol. The number of carbonyl (C=O) groups is 2. The van der Waals surface area contributed by atoms with Crippen LogP contribution in [0.15, 0.2) is 85.5 Å². The van der Waals surface area contributed by atoms with Gasteiger partial charge in [0.25, 0.3) is 5.91 Å². The van der Waals surface area contributed by atoms with Crippen molar-refractivity contribution in [3.63, 3.8) is 0 Å². The molecule has 1 aromatic heterocycles. The van der Waals surface area contributed by atoms with Crippen LogP contribution in [0.2, 0.25) is 0 Å². The summed E-state index contributed by atoms with van der Waals surface area (Å²) >= 11 is 0. The van der Waals surface area contributed by atoms with Gasteiger partial charge in [0, 0.05) is 43.9 Å². The number of anilines is 1. The molecular formula is C27H29N5O2. The van der Waals surface area contributed by atoms with Gasteiger partial charge in [-0.3, -0.25) is 9.59 Å². The number of amides is 2. The third kappa shape index (κ3) is 5.67. The zero-order valence-corrected chi connectivity index (χ0v) is 19.2. The first-order valence-corrected chi connectivity index (χ1v) is 11.5. The van der Waals surface area contributed by atoms with E-state index in [4.69, 9.17) is 0 Å². The topological polar surface area (TPSA) is 69.6 Å². The van der Waals surface area contributed by atoms with Gasteiger partial charge in [0.15, 0.2) is 5.82 Å². The van der Waals surface area contributed by atoms with Crippen LogP contribution in [0.3, 0.4) is 0 Å². The van der Waals surface area contributed by atoms with Crippen LogP contribution >= 0.6 is 0 Å². The van der Waals surface area contributed by atoms with Gasteiger partial charge in [-0.15, -0.1) is 16.8 Å². The molecule has 1 aliphatic heterocycles. The van der Waals surface area contributed by atoms with E-state index in [9.17, 15) is 9.59 Å². The first-order valence-electron chi connectivity index (χ1n) is 11.5. The molecule has 0 N–H and O–H groups in total. The summed E-state index contributed by atoms with van der Waals surface area (Å²) in [5.74, 6) is 0.582. The number of benzene rings is 2. The maximum absolute atomic E-state index is 13.1. The normalized spacial score (nSPS) is 13.8. The summed E-state index contributed by atoms with van der Waals surface area (Å²) < 4.78 is 0. The Kier molecular flexibility index (Phi) is 7.65. The van der Waals surface area contributed by atoms with Crippen molar-refractivity contribution in [2.24, 2.45) is 0 Å². The second-order valence-corrected chi connectivity index (χ2v) is 8.20. The van der Waals surface area contributed by atoms with Crippen molar-refractivity contribution in [1.82, 2.24) is 20.0 Å². The number of nitrogens with zero attached hydrogens (tertiary/aromatic N) is 5. The zero-order chi connectivity index (χ0) is 23.8. The molecule has 1 aliphatic rings. The molecule has 4 rings (SSSR count). The second-order valence-electron chi connectivity index (χ2n) is 8.20. The molecule has 0 atom stereocenters. The molecule has 2 heterocycles. The molecule has 0 aliphatic carbocycles. The summed E-state index contributed by atoms with van der Waals surface area (Å²) in [4.78, 5) is 31.5. The monoisotopic (exact) mass is 455 g/mol. The van der Waals surface area contributed by atoms with Crippen molar-refractivity contribution in [3.05, 3.63) is 91.0 Å². The molecule has 0 spiro atoms. The van der Waals surface area contributed by atoms with E-state index >= 15 is 0 Å². The average molecular weight is 456 g/mol. The van der Waals surface area contributed by atoms with Crippen molar-refractivity contribution in [2.45, 2.75) is 6.42 Å². The van der Waals surface area contributed by atoms with E-state index in [-0.39, 0.29) is 18.4 Å². The van der Waals surface area contributed by atoms with Gasteiger partial charge in [0.1, 0.15) is 6.54 Å². The highest BCUT2D eigenvalue weighted by molar-refractivity contribution is 5.96. The van der Waals surface area contributed by atoms with Gasteiger partial charge >= 0.3 is 0 Å². The van der Waals surface area contributed by atoms with E-state index in [0.29, 0.717) is 31.7 Å². The molecule has 0 radical (unpaired) electrons. The Bertz CT molecular complexity index is 1100. The van der Waals surface area contributed by atoms with E-state index < -0.39 is 0 Å². The number of aromatic nitrogens is 2. The minimum absolute atomic E-state index is 0.0331. The van der Waals surface area contributed by atoms with Crippen molar-refractivity contribution >= 4 is 17.6 Å². The first kappa shape index (κ1) is 23.2. The van der Waals surface area contributed by atoms with Crippen LogP contribution in [0.5, 0.6) is 0 Å². The SMILES string of the molecule is C=CCN(CC(=O)N1CCCN(c2ccc(-c3ccccc3)nn2)CC1)C(=O)c1ccccc1. The summed E-state index contributed by atoms with van der Waals surface area (Å²) in [6.45, 7) is 6.77. The molecule has 2 aromatic carbocycles. The third-order valence-electron chi connectivity index (χ3n) is 5.88. The maximum atomic E-state index is 13.1. The summed E-state index contributed by atoms with van der Waals surface area (Å²) in [7, 11) is 0. The standard InChI is InChI=1S/C27H29N5O2/c1-2-16-32(27(34)23-12-7-4-8-13-23)21-26(33)31-18-9-17-30(19-20-31)25-15-14-24(28-29-25)22-10-5-3-6-11-22/h2-8,10-15H,1,9,16-21H2. The van der Waals surface area contributed by atoms with Gasteiger partial charge in [0.05, 0.1) is 5.69 Å². The summed E-state index contributed by atoms with van der Waals surface area (Å²) in [5.41, 5.74) is 2.43. The molecule has 1 saturated heterocycles. The minimum atomic E-state index is -0.168. The molecule has 174 valence electrons. The second kappa shape index (κ2) is 11.2. The van der Waals surface area contributed by atoms with Crippen LogP contribution in [0.25, 0.3) is 11.3 Å². The Hall–Kier alpha value is -4.00. The van der Waals surface area contributed by atoms with Crippen LogP contribution in [-0.2, 0) is 4.79 Å². The van der Waals surface area contributed by atoms with Crippen LogP contribution in [0.1, 0.15) is 16.8 Å². The lowest BCUT2D eigenvalue weighted by Gasteiger charge is -2.26. The van der Waals surface area contributed by atoms with Crippen molar-refractivity contribution in [2.75, 3.05) is 44.2 Å². The van der Waals surface area contributed by atoms with Crippen LogP contribution in [0.4, 0.5) is 5.82 Å². The molecule has 34 heavy (non-hydrogen) atoms. The molecular weight excluding hydrogens is 426 g/mol. The zero-order valence-electron chi connectivity index (χ0n) is 19.2. The lowest BCUT2D eigenvalue weighted by atomic mass is 10.1. The largest absolute Gasteiger partial charge is 0.353 e.